The molecule has 192 valence electrons. The van der Waals surface area contributed by atoms with Crippen molar-refractivity contribution in [3.05, 3.63) is 35.9 Å². The first-order chi connectivity index (χ1) is 15.9. The third-order valence-corrected chi connectivity index (χ3v) is 5.43. The maximum Gasteiger partial charge on any atom is 0.408 e. The summed E-state index contributed by atoms with van der Waals surface area (Å²) >= 11 is 0. The normalized spacial score (nSPS) is 14.1. The van der Waals surface area contributed by atoms with Crippen molar-refractivity contribution in [3.8, 4) is 0 Å². The summed E-state index contributed by atoms with van der Waals surface area (Å²) in [6.45, 7) is 15.6. The van der Waals surface area contributed by atoms with Crippen LogP contribution >= 0.6 is 0 Å². The number of hydrogen-bond acceptors (Lipinski definition) is 4. The summed E-state index contributed by atoms with van der Waals surface area (Å²) in [6, 6.07) is 7.74. The monoisotopic (exact) mass is 475 g/mol. The fourth-order valence-electron chi connectivity index (χ4n) is 3.76. The predicted molar refractivity (Wildman–Crippen MR) is 136 cm³/mol. The molecule has 0 spiro atoms. The van der Waals surface area contributed by atoms with Crippen molar-refractivity contribution in [2.75, 3.05) is 6.54 Å². The molecular formula is C27H45N3O4. The number of nitrogens with zero attached hydrogens (tertiary/aromatic N) is 1. The number of benzene rings is 1. The summed E-state index contributed by atoms with van der Waals surface area (Å²) < 4.78 is 5.40. The summed E-state index contributed by atoms with van der Waals surface area (Å²) in [5.74, 6) is -0.694. The average Bonchev–Trinajstić information content (AvgIpc) is 2.73. The molecule has 0 aromatic heterocycles. The highest BCUT2D eigenvalue weighted by molar-refractivity contribution is 5.92. The minimum absolute atomic E-state index is 0.00683. The van der Waals surface area contributed by atoms with Crippen LogP contribution in [-0.2, 0) is 14.3 Å². The first-order valence-corrected chi connectivity index (χ1v) is 12.6. The Labute approximate surface area is 206 Å². The van der Waals surface area contributed by atoms with Gasteiger partial charge in [-0.15, -0.1) is 0 Å². The fraction of sp³-hybridized carbons (Fsp3) is 0.667. The van der Waals surface area contributed by atoms with Crippen molar-refractivity contribution < 1.29 is 19.1 Å². The Balaban J connectivity index is 3.36. The van der Waals surface area contributed by atoms with Gasteiger partial charge in [0.1, 0.15) is 17.7 Å². The first kappa shape index (κ1) is 29.5. The van der Waals surface area contributed by atoms with Gasteiger partial charge in [0.05, 0.1) is 0 Å². The zero-order valence-electron chi connectivity index (χ0n) is 22.3. The molecule has 0 bridgehead atoms. The molecule has 0 radical (unpaired) electrons. The smallest absolute Gasteiger partial charge is 0.408 e. The molecule has 0 saturated heterocycles. The van der Waals surface area contributed by atoms with Crippen LogP contribution < -0.4 is 10.6 Å². The molecule has 2 N–H and O–H groups in total. The number of rotatable bonds is 12. The molecule has 3 atom stereocenters. The predicted octanol–water partition coefficient (Wildman–Crippen LogP) is 5.21. The fourth-order valence-corrected chi connectivity index (χ4v) is 3.76. The van der Waals surface area contributed by atoms with E-state index < -0.39 is 23.8 Å². The highest BCUT2D eigenvalue weighted by Crippen LogP contribution is 2.25. The van der Waals surface area contributed by atoms with Crippen molar-refractivity contribution in [2.45, 2.75) is 105 Å². The van der Waals surface area contributed by atoms with Crippen molar-refractivity contribution in [3.63, 3.8) is 0 Å². The standard InChI is InChI=1S/C27H45N3O4/c1-9-11-18-30(25(32)22(19(3)4)29-26(33)34-27(6,7)8)23(21-16-13-12-14-17-21)24(31)28-20(5)15-10-2/h12-14,16-17,19-20,22-23H,9-11,15,18H2,1-8H3,(H,28,31)(H,29,33). The number of nitrogens with one attached hydrogen (secondary N) is 2. The number of unbranched alkanes of at least 4 members (excludes halogenated alkanes) is 1. The Hall–Kier alpha value is -2.57. The van der Waals surface area contributed by atoms with E-state index in [4.69, 9.17) is 4.74 Å². The highest BCUT2D eigenvalue weighted by atomic mass is 16.6. The Morgan fingerprint density at radius 3 is 2.09 bits per heavy atom. The Kier molecular flexibility index (Phi) is 12.1. The van der Waals surface area contributed by atoms with Crippen LogP contribution in [0.15, 0.2) is 30.3 Å². The molecule has 1 aromatic carbocycles. The zero-order chi connectivity index (χ0) is 25.9. The van der Waals surface area contributed by atoms with Crippen LogP contribution in [-0.4, -0.2) is 47.0 Å². The van der Waals surface area contributed by atoms with Crippen LogP contribution in [0.1, 0.15) is 92.7 Å². The van der Waals surface area contributed by atoms with E-state index in [1.54, 1.807) is 25.7 Å². The lowest BCUT2D eigenvalue weighted by Crippen LogP contribution is -2.55. The van der Waals surface area contributed by atoms with Gasteiger partial charge in [0, 0.05) is 12.6 Å². The molecule has 0 aliphatic carbocycles. The van der Waals surface area contributed by atoms with E-state index in [9.17, 15) is 14.4 Å². The van der Waals surface area contributed by atoms with Crippen LogP contribution in [0.25, 0.3) is 0 Å². The SMILES string of the molecule is CCCCN(C(=O)C(NC(=O)OC(C)(C)C)C(C)C)C(C(=O)NC(C)CCC)c1ccccc1. The molecule has 3 amide bonds. The van der Waals surface area contributed by atoms with E-state index in [2.05, 4.69) is 17.6 Å². The van der Waals surface area contributed by atoms with Gasteiger partial charge in [0.2, 0.25) is 11.8 Å². The molecule has 0 aliphatic rings. The summed E-state index contributed by atoms with van der Waals surface area (Å²) in [6.07, 6.45) is 2.76. The molecule has 7 heteroatoms. The van der Waals surface area contributed by atoms with Crippen molar-refractivity contribution >= 4 is 17.9 Å². The number of carbonyl (C=O) groups excluding carboxylic acids is 3. The Morgan fingerprint density at radius 2 is 1.59 bits per heavy atom. The van der Waals surface area contributed by atoms with Crippen LogP contribution in [0, 0.1) is 5.92 Å². The Morgan fingerprint density at radius 1 is 0.971 bits per heavy atom. The van der Waals surface area contributed by atoms with Gasteiger partial charge in [-0.2, -0.15) is 0 Å². The van der Waals surface area contributed by atoms with E-state index in [1.165, 1.54) is 0 Å². The lowest BCUT2D eigenvalue weighted by molar-refractivity contribution is -0.143. The van der Waals surface area contributed by atoms with Crippen LogP contribution in [0.2, 0.25) is 0 Å². The Bertz CT molecular complexity index is 774. The van der Waals surface area contributed by atoms with Gasteiger partial charge in [0.15, 0.2) is 0 Å². The average molecular weight is 476 g/mol. The largest absolute Gasteiger partial charge is 0.444 e. The molecule has 34 heavy (non-hydrogen) atoms. The minimum atomic E-state index is -0.821. The van der Waals surface area contributed by atoms with Gasteiger partial charge in [-0.05, 0) is 52.0 Å². The number of hydrogen-bond donors (Lipinski definition) is 2. The minimum Gasteiger partial charge on any atom is -0.444 e. The second-order valence-corrected chi connectivity index (χ2v) is 10.3. The van der Waals surface area contributed by atoms with Gasteiger partial charge >= 0.3 is 6.09 Å². The summed E-state index contributed by atoms with van der Waals surface area (Å²) in [5.41, 5.74) is 0.0613. The van der Waals surface area contributed by atoms with Gasteiger partial charge in [0.25, 0.3) is 0 Å². The van der Waals surface area contributed by atoms with Gasteiger partial charge in [-0.3, -0.25) is 9.59 Å². The number of alkyl carbamates (subject to hydrolysis) is 1. The van der Waals surface area contributed by atoms with Gasteiger partial charge in [-0.1, -0.05) is 70.9 Å². The highest BCUT2D eigenvalue weighted by Gasteiger charge is 2.37. The number of ether oxygens (including phenoxy) is 1. The lowest BCUT2D eigenvalue weighted by atomic mass is 9.98. The van der Waals surface area contributed by atoms with Crippen molar-refractivity contribution in [2.24, 2.45) is 5.92 Å². The molecule has 0 fully saturated rings. The summed E-state index contributed by atoms with van der Waals surface area (Å²) in [4.78, 5) is 41.6. The van der Waals surface area contributed by atoms with Gasteiger partial charge in [-0.25, -0.2) is 4.79 Å². The molecule has 0 aliphatic heterocycles. The molecule has 0 saturated carbocycles. The number of amides is 3. The van der Waals surface area contributed by atoms with Crippen LogP contribution in [0.3, 0.4) is 0 Å². The lowest BCUT2D eigenvalue weighted by Gasteiger charge is -2.36. The maximum atomic E-state index is 13.9. The second-order valence-electron chi connectivity index (χ2n) is 10.3. The third-order valence-electron chi connectivity index (χ3n) is 5.43. The van der Waals surface area contributed by atoms with E-state index in [-0.39, 0.29) is 23.8 Å². The first-order valence-electron chi connectivity index (χ1n) is 12.6. The van der Waals surface area contributed by atoms with E-state index >= 15 is 0 Å². The topological polar surface area (TPSA) is 87.7 Å². The van der Waals surface area contributed by atoms with E-state index in [1.807, 2.05) is 58.0 Å². The molecule has 1 rings (SSSR count). The van der Waals surface area contributed by atoms with Gasteiger partial charge < -0.3 is 20.3 Å². The van der Waals surface area contributed by atoms with Crippen LogP contribution in [0.5, 0.6) is 0 Å². The summed E-state index contributed by atoms with van der Waals surface area (Å²) in [5, 5.41) is 5.84. The number of carbonyl (C=O) groups is 3. The molecule has 1 aromatic rings. The molecule has 3 unspecified atom stereocenters. The molecule has 7 nitrogen and oxygen atoms in total. The molecule has 0 heterocycles. The van der Waals surface area contributed by atoms with Crippen molar-refractivity contribution in [1.29, 1.82) is 0 Å². The molecular weight excluding hydrogens is 430 g/mol. The van der Waals surface area contributed by atoms with Crippen molar-refractivity contribution in [1.82, 2.24) is 15.5 Å². The quantitative estimate of drug-likeness (QED) is 0.434. The second kappa shape index (κ2) is 14.0. The van der Waals surface area contributed by atoms with E-state index in [0.29, 0.717) is 6.54 Å². The zero-order valence-corrected chi connectivity index (χ0v) is 22.3. The van der Waals surface area contributed by atoms with E-state index in [0.717, 1.165) is 31.2 Å². The summed E-state index contributed by atoms with van der Waals surface area (Å²) in [7, 11) is 0. The third kappa shape index (κ3) is 9.74. The van der Waals surface area contributed by atoms with Crippen LogP contribution in [0.4, 0.5) is 4.79 Å². The maximum absolute atomic E-state index is 13.9.